The first-order chi connectivity index (χ1) is 9.88. The Morgan fingerprint density at radius 3 is 1.24 bits per heavy atom. The van der Waals surface area contributed by atoms with Crippen LogP contribution in [0, 0.1) is 5.92 Å². The number of ether oxygens (including phenoxy) is 2. The summed E-state index contributed by atoms with van der Waals surface area (Å²) in [5.74, 6) is -1.80. The molecule has 0 heterocycles. The molecule has 0 saturated carbocycles. The highest BCUT2D eigenvalue weighted by molar-refractivity contribution is 5.94. The second-order valence-corrected chi connectivity index (χ2v) is 5.09. The van der Waals surface area contributed by atoms with Crippen LogP contribution < -0.4 is 0 Å². The van der Waals surface area contributed by atoms with Crippen molar-refractivity contribution < 1.29 is 19.1 Å². The molecule has 0 amide bonds. The third-order valence-electron chi connectivity index (χ3n) is 2.35. The standard InChI is InChI=1S/C11H20O4.C6H6/c1-6-9(10(12)14-7(2)3)11(13)15-8(4)5;1-2-4-6-5-3-1/h7-9H,6H2,1-5H3;1-6H. The molecule has 0 bridgehead atoms. The summed E-state index contributed by atoms with van der Waals surface area (Å²) in [7, 11) is 0. The van der Waals surface area contributed by atoms with Crippen molar-refractivity contribution in [1.29, 1.82) is 0 Å². The summed E-state index contributed by atoms with van der Waals surface area (Å²) >= 11 is 0. The van der Waals surface area contributed by atoms with Gasteiger partial charge in [0.1, 0.15) is 0 Å². The van der Waals surface area contributed by atoms with E-state index >= 15 is 0 Å². The zero-order chi connectivity index (χ0) is 16.3. The Balaban J connectivity index is 0.000000547. The lowest BCUT2D eigenvalue weighted by molar-refractivity contribution is -0.166. The smallest absolute Gasteiger partial charge is 0.320 e. The van der Waals surface area contributed by atoms with E-state index in [1.807, 2.05) is 36.4 Å². The Labute approximate surface area is 127 Å². The largest absolute Gasteiger partial charge is 0.462 e. The molecule has 0 aliphatic heterocycles. The highest BCUT2D eigenvalue weighted by Gasteiger charge is 2.29. The fraction of sp³-hybridized carbons (Fsp3) is 0.529. The zero-order valence-corrected chi connectivity index (χ0v) is 13.5. The first-order valence-corrected chi connectivity index (χ1v) is 7.29. The van der Waals surface area contributed by atoms with E-state index in [2.05, 4.69) is 0 Å². The second kappa shape index (κ2) is 10.9. The molecule has 1 aromatic rings. The van der Waals surface area contributed by atoms with Crippen LogP contribution in [0.15, 0.2) is 36.4 Å². The quantitative estimate of drug-likeness (QED) is 0.615. The molecule has 0 saturated heterocycles. The molecule has 0 aromatic heterocycles. The molecule has 0 radical (unpaired) electrons. The van der Waals surface area contributed by atoms with Gasteiger partial charge >= 0.3 is 11.9 Å². The number of benzene rings is 1. The third kappa shape index (κ3) is 9.66. The molecule has 21 heavy (non-hydrogen) atoms. The van der Waals surface area contributed by atoms with Gasteiger partial charge < -0.3 is 9.47 Å². The predicted molar refractivity (Wildman–Crippen MR) is 82.7 cm³/mol. The maximum absolute atomic E-state index is 11.5. The summed E-state index contributed by atoms with van der Waals surface area (Å²) in [5.41, 5.74) is 0. The van der Waals surface area contributed by atoms with Crippen molar-refractivity contribution in [3.05, 3.63) is 36.4 Å². The first-order valence-electron chi connectivity index (χ1n) is 7.29. The van der Waals surface area contributed by atoms with E-state index in [0.29, 0.717) is 6.42 Å². The lowest BCUT2D eigenvalue weighted by Crippen LogP contribution is -2.30. The van der Waals surface area contributed by atoms with Gasteiger partial charge in [-0.25, -0.2) is 0 Å². The van der Waals surface area contributed by atoms with E-state index < -0.39 is 17.9 Å². The number of rotatable bonds is 5. The van der Waals surface area contributed by atoms with Crippen LogP contribution in [0.3, 0.4) is 0 Å². The van der Waals surface area contributed by atoms with Crippen LogP contribution >= 0.6 is 0 Å². The fourth-order valence-corrected chi connectivity index (χ4v) is 1.44. The fourth-order valence-electron chi connectivity index (χ4n) is 1.44. The molecule has 4 nitrogen and oxygen atoms in total. The van der Waals surface area contributed by atoms with Crippen molar-refractivity contribution in [2.45, 2.75) is 53.2 Å². The second-order valence-electron chi connectivity index (χ2n) is 5.09. The van der Waals surface area contributed by atoms with Gasteiger partial charge in [-0.15, -0.1) is 0 Å². The summed E-state index contributed by atoms with van der Waals surface area (Å²) in [5, 5.41) is 0. The van der Waals surface area contributed by atoms with Crippen LogP contribution in [0.4, 0.5) is 0 Å². The molecular formula is C17H26O4. The topological polar surface area (TPSA) is 52.6 Å². The third-order valence-corrected chi connectivity index (χ3v) is 2.35. The minimum atomic E-state index is -0.796. The van der Waals surface area contributed by atoms with Crippen LogP contribution in [0.1, 0.15) is 41.0 Å². The van der Waals surface area contributed by atoms with Crippen LogP contribution in [0.2, 0.25) is 0 Å². The molecular weight excluding hydrogens is 268 g/mol. The molecule has 0 atom stereocenters. The molecule has 0 aliphatic rings. The Bertz CT molecular complexity index is 350. The predicted octanol–water partition coefficient (Wildman–Crippen LogP) is 3.60. The summed E-state index contributed by atoms with van der Waals surface area (Å²) in [6.45, 7) is 8.75. The van der Waals surface area contributed by atoms with Gasteiger partial charge in [0.25, 0.3) is 0 Å². The van der Waals surface area contributed by atoms with Gasteiger partial charge in [0.2, 0.25) is 0 Å². The van der Waals surface area contributed by atoms with E-state index in [1.54, 1.807) is 34.6 Å². The maximum Gasteiger partial charge on any atom is 0.320 e. The Kier molecular flexibility index (Phi) is 9.94. The van der Waals surface area contributed by atoms with Crippen molar-refractivity contribution in [3.8, 4) is 0 Å². The molecule has 0 unspecified atom stereocenters. The number of hydrogen-bond donors (Lipinski definition) is 0. The average molecular weight is 294 g/mol. The van der Waals surface area contributed by atoms with Gasteiger partial charge in [-0.1, -0.05) is 43.3 Å². The van der Waals surface area contributed by atoms with Crippen molar-refractivity contribution in [2.75, 3.05) is 0 Å². The molecule has 0 spiro atoms. The van der Waals surface area contributed by atoms with E-state index in [4.69, 9.17) is 9.47 Å². The van der Waals surface area contributed by atoms with Crippen LogP contribution in [-0.2, 0) is 19.1 Å². The number of carbonyl (C=O) groups is 2. The van der Waals surface area contributed by atoms with Crippen LogP contribution in [0.5, 0.6) is 0 Å². The van der Waals surface area contributed by atoms with E-state index in [-0.39, 0.29) is 12.2 Å². The molecule has 0 fully saturated rings. The van der Waals surface area contributed by atoms with E-state index in [0.717, 1.165) is 0 Å². The van der Waals surface area contributed by atoms with E-state index in [1.165, 1.54) is 0 Å². The maximum atomic E-state index is 11.5. The van der Waals surface area contributed by atoms with Crippen LogP contribution in [-0.4, -0.2) is 24.1 Å². The monoisotopic (exact) mass is 294 g/mol. The van der Waals surface area contributed by atoms with Gasteiger partial charge in [-0.05, 0) is 34.1 Å². The molecule has 1 aromatic carbocycles. The number of hydrogen-bond acceptors (Lipinski definition) is 4. The summed E-state index contributed by atoms with van der Waals surface area (Å²) in [6, 6.07) is 12.0. The van der Waals surface area contributed by atoms with Gasteiger partial charge in [0.05, 0.1) is 12.2 Å². The molecule has 118 valence electrons. The van der Waals surface area contributed by atoms with Gasteiger partial charge in [-0.3, -0.25) is 9.59 Å². The average Bonchev–Trinajstić information content (AvgIpc) is 2.40. The lowest BCUT2D eigenvalue weighted by Gasteiger charge is -2.16. The van der Waals surface area contributed by atoms with Crippen LogP contribution in [0.25, 0.3) is 0 Å². The SMILES string of the molecule is CCC(C(=O)OC(C)C)C(=O)OC(C)C.c1ccccc1. The molecule has 4 heteroatoms. The van der Waals surface area contributed by atoms with E-state index in [9.17, 15) is 9.59 Å². The van der Waals surface area contributed by atoms with Crippen molar-refractivity contribution >= 4 is 11.9 Å². The summed E-state index contributed by atoms with van der Waals surface area (Å²) in [6.07, 6.45) is -0.0197. The highest BCUT2D eigenvalue weighted by atomic mass is 16.6. The Morgan fingerprint density at radius 1 is 0.762 bits per heavy atom. The first kappa shape index (κ1) is 19.2. The number of carbonyl (C=O) groups excluding carboxylic acids is 2. The van der Waals surface area contributed by atoms with Crippen molar-refractivity contribution in [3.63, 3.8) is 0 Å². The normalized spacial score (nSPS) is 10.1. The summed E-state index contributed by atoms with van der Waals surface area (Å²) < 4.78 is 9.93. The summed E-state index contributed by atoms with van der Waals surface area (Å²) in [4.78, 5) is 23.0. The Hall–Kier alpha value is -1.84. The minimum absolute atomic E-state index is 0.210. The molecule has 0 N–H and O–H groups in total. The number of esters is 2. The van der Waals surface area contributed by atoms with Gasteiger partial charge in [0.15, 0.2) is 5.92 Å². The van der Waals surface area contributed by atoms with Crippen molar-refractivity contribution in [2.24, 2.45) is 5.92 Å². The molecule has 1 rings (SSSR count). The van der Waals surface area contributed by atoms with Crippen molar-refractivity contribution in [1.82, 2.24) is 0 Å². The Morgan fingerprint density at radius 2 is 1.05 bits per heavy atom. The highest BCUT2D eigenvalue weighted by Crippen LogP contribution is 2.10. The lowest BCUT2D eigenvalue weighted by atomic mass is 10.1. The zero-order valence-electron chi connectivity index (χ0n) is 13.5. The van der Waals surface area contributed by atoms with Gasteiger partial charge in [0, 0.05) is 0 Å². The molecule has 0 aliphatic carbocycles. The minimum Gasteiger partial charge on any atom is -0.462 e. The van der Waals surface area contributed by atoms with Gasteiger partial charge in [-0.2, -0.15) is 0 Å².